The van der Waals surface area contributed by atoms with E-state index in [-0.39, 0.29) is 12.2 Å². The second kappa shape index (κ2) is 33.3. The standard InChI is InChI=1S/3C10H20.C5H8O4/c3*1-2-4-6-8-10-9-7-5-3-1;6-2-1-4(3-7)5(8)9/h3*1-10H2;1,6-7H,2-3H2,(H,8,9)/b;;;4-1-. The fourth-order valence-corrected chi connectivity index (χ4v) is 5.63. The van der Waals surface area contributed by atoms with E-state index in [9.17, 15) is 4.79 Å². The molecule has 0 amide bonds. The summed E-state index contributed by atoms with van der Waals surface area (Å²) in [7, 11) is 0. The van der Waals surface area contributed by atoms with Gasteiger partial charge in [0.1, 0.15) is 0 Å². The van der Waals surface area contributed by atoms with Crippen molar-refractivity contribution in [3.8, 4) is 0 Å². The van der Waals surface area contributed by atoms with Gasteiger partial charge in [0.15, 0.2) is 0 Å². The molecule has 3 fully saturated rings. The number of rotatable bonds is 3. The van der Waals surface area contributed by atoms with Gasteiger partial charge in [0.05, 0.1) is 18.8 Å². The Morgan fingerprint density at radius 1 is 0.385 bits per heavy atom. The summed E-state index contributed by atoms with van der Waals surface area (Å²) in [6.45, 7) is -0.905. The van der Waals surface area contributed by atoms with E-state index in [1.165, 1.54) is 193 Å². The highest BCUT2D eigenvalue weighted by atomic mass is 16.4. The number of carboxylic acid groups (broad SMARTS) is 1. The fourth-order valence-electron chi connectivity index (χ4n) is 5.63. The van der Waals surface area contributed by atoms with Gasteiger partial charge >= 0.3 is 5.97 Å². The third-order valence-electron chi connectivity index (χ3n) is 8.28. The van der Waals surface area contributed by atoms with E-state index in [4.69, 9.17) is 15.3 Å². The predicted molar refractivity (Wildman–Crippen MR) is 168 cm³/mol. The Morgan fingerprint density at radius 2 is 0.538 bits per heavy atom. The molecule has 3 saturated carbocycles. The summed E-state index contributed by atoms with van der Waals surface area (Å²) in [6, 6.07) is 0. The van der Waals surface area contributed by atoms with Crippen LogP contribution in [0, 0.1) is 0 Å². The first-order valence-corrected chi connectivity index (χ1v) is 17.4. The van der Waals surface area contributed by atoms with Gasteiger partial charge in [-0.15, -0.1) is 0 Å². The monoisotopic (exact) mass is 553 g/mol. The normalized spacial score (nSPS) is 21.1. The molecular formula is C35H68O4. The molecule has 0 atom stereocenters. The molecule has 3 aliphatic rings. The SMILES string of the molecule is C1CCCCCCCCC1.C1CCCCCCCCC1.C1CCCCCCCCC1.O=C(O)/C(=C\CO)CO. The summed E-state index contributed by atoms with van der Waals surface area (Å²) in [6.07, 6.45) is 46.0. The average Bonchev–Trinajstić information content (AvgIpc) is 2.97. The molecule has 3 N–H and O–H groups in total. The van der Waals surface area contributed by atoms with Crippen LogP contribution < -0.4 is 0 Å². The van der Waals surface area contributed by atoms with Gasteiger partial charge in [0, 0.05) is 0 Å². The van der Waals surface area contributed by atoms with Crippen LogP contribution in [0.1, 0.15) is 193 Å². The van der Waals surface area contributed by atoms with Crippen molar-refractivity contribution in [2.45, 2.75) is 193 Å². The number of carboxylic acids is 1. The van der Waals surface area contributed by atoms with Crippen molar-refractivity contribution in [2.75, 3.05) is 13.2 Å². The van der Waals surface area contributed by atoms with Gasteiger partial charge in [-0.2, -0.15) is 0 Å². The molecule has 0 radical (unpaired) electrons. The summed E-state index contributed by atoms with van der Waals surface area (Å²) >= 11 is 0. The largest absolute Gasteiger partial charge is 0.478 e. The maximum Gasteiger partial charge on any atom is 0.333 e. The molecule has 0 aromatic rings. The minimum absolute atomic E-state index is 0.183. The molecule has 232 valence electrons. The van der Waals surface area contributed by atoms with Crippen molar-refractivity contribution in [3.05, 3.63) is 11.6 Å². The lowest BCUT2D eigenvalue weighted by atomic mass is 10.0. The summed E-state index contributed by atoms with van der Waals surface area (Å²) in [4.78, 5) is 9.98. The lowest BCUT2D eigenvalue weighted by Crippen LogP contribution is -2.05. The summed E-state index contributed by atoms with van der Waals surface area (Å²) in [5.41, 5.74) is -0.183. The molecule has 0 saturated heterocycles. The molecule has 0 aliphatic heterocycles. The van der Waals surface area contributed by atoms with E-state index in [1.54, 1.807) is 0 Å². The Morgan fingerprint density at radius 3 is 0.590 bits per heavy atom. The molecule has 0 bridgehead atoms. The topological polar surface area (TPSA) is 77.8 Å². The third-order valence-corrected chi connectivity index (χ3v) is 8.28. The van der Waals surface area contributed by atoms with Gasteiger partial charge in [-0.05, 0) is 6.08 Å². The van der Waals surface area contributed by atoms with Crippen molar-refractivity contribution in [1.82, 2.24) is 0 Å². The van der Waals surface area contributed by atoms with Gasteiger partial charge < -0.3 is 15.3 Å². The Kier molecular flexibility index (Phi) is 32.6. The van der Waals surface area contributed by atoms with E-state index in [1.807, 2.05) is 0 Å². The van der Waals surface area contributed by atoms with Crippen LogP contribution in [0.25, 0.3) is 0 Å². The average molecular weight is 553 g/mol. The Hall–Kier alpha value is -0.870. The van der Waals surface area contributed by atoms with Crippen molar-refractivity contribution in [1.29, 1.82) is 0 Å². The van der Waals surface area contributed by atoms with E-state index in [0.29, 0.717) is 0 Å². The zero-order chi connectivity index (χ0) is 28.5. The van der Waals surface area contributed by atoms with Crippen LogP contribution in [-0.2, 0) is 4.79 Å². The van der Waals surface area contributed by atoms with E-state index < -0.39 is 12.6 Å². The number of aliphatic hydroxyl groups excluding tert-OH is 2. The number of carbonyl (C=O) groups is 1. The smallest absolute Gasteiger partial charge is 0.333 e. The number of hydrogen-bond donors (Lipinski definition) is 3. The van der Waals surface area contributed by atoms with Gasteiger partial charge in [-0.1, -0.05) is 193 Å². The second-order valence-corrected chi connectivity index (χ2v) is 12.0. The minimum atomic E-state index is -1.20. The zero-order valence-electron chi connectivity index (χ0n) is 26.0. The lowest BCUT2D eigenvalue weighted by molar-refractivity contribution is -0.133. The van der Waals surface area contributed by atoms with Crippen molar-refractivity contribution >= 4 is 5.97 Å². The molecule has 0 aromatic heterocycles. The van der Waals surface area contributed by atoms with Crippen molar-refractivity contribution in [3.63, 3.8) is 0 Å². The number of aliphatic hydroxyl groups is 2. The Balaban J connectivity index is 0.000000494. The Bertz CT molecular complexity index is 370. The quantitative estimate of drug-likeness (QED) is 0.304. The van der Waals surface area contributed by atoms with Crippen LogP contribution >= 0.6 is 0 Å². The highest BCUT2D eigenvalue weighted by molar-refractivity contribution is 5.86. The highest BCUT2D eigenvalue weighted by Crippen LogP contribution is 2.17. The first-order chi connectivity index (χ1) is 19.2. The number of hydrogen-bond acceptors (Lipinski definition) is 3. The summed E-state index contributed by atoms with van der Waals surface area (Å²) in [5.74, 6) is -1.20. The van der Waals surface area contributed by atoms with Gasteiger partial charge in [0.25, 0.3) is 0 Å². The molecule has 4 nitrogen and oxygen atoms in total. The zero-order valence-corrected chi connectivity index (χ0v) is 26.0. The first-order valence-electron chi connectivity index (χ1n) is 17.4. The van der Waals surface area contributed by atoms with Crippen molar-refractivity contribution in [2.24, 2.45) is 0 Å². The molecule has 3 aliphatic carbocycles. The Labute approximate surface area is 243 Å². The van der Waals surface area contributed by atoms with Crippen LogP contribution in [0.3, 0.4) is 0 Å². The summed E-state index contributed by atoms with van der Waals surface area (Å²) < 4.78 is 0. The first kappa shape index (κ1) is 38.1. The molecule has 0 spiro atoms. The molecule has 0 unspecified atom stereocenters. The van der Waals surface area contributed by atoms with Gasteiger partial charge in [-0.3, -0.25) is 0 Å². The van der Waals surface area contributed by atoms with Gasteiger partial charge in [-0.25, -0.2) is 4.79 Å². The maximum atomic E-state index is 9.98. The van der Waals surface area contributed by atoms with E-state index in [2.05, 4.69) is 0 Å². The molecule has 0 aromatic carbocycles. The predicted octanol–water partition coefficient (Wildman–Crippen LogP) is 10.7. The minimum Gasteiger partial charge on any atom is -0.478 e. The molecule has 3 rings (SSSR count). The van der Waals surface area contributed by atoms with Crippen molar-refractivity contribution < 1.29 is 20.1 Å². The third kappa shape index (κ3) is 31.5. The fraction of sp³-hybridized carbons (Fsp3) is 0.914. The van der Waals surface area contributed by atoms with Gasteiger partial charge in [0.2, 0.25) is 0 Å². The lowest BCUT2D eigenvalue weighted by Gasteiger charge is -2.05. The van der Waals surface area contributed by atoms with Crippen LogP contribution in [-0.4, -0.2) is 34.5 Å². The molecular weight excluding hydrogens is 484 g/mol. The maximum absolute atomic E-state index is 9.98. The molecule has 4 heteroatoms. The van der Waals surface area contributed by atoms with E-state index in [0.717, 1.165) is 6.08 Å². The van der Waals surface area contributed by atoms with Crippen LogP contribution in [0.2, 0.25) is 0 Å². The highest BCUT2D eigenvalue weighted by Gasteiger charge is 2.02. The summed E-state index contributed by atoms with van der Waals surface area (Å²) in [5, 5.41) is 24.6. The van der Waals surface area contributed by atoms with E-state index >= 15 is 0 Å². The molecule has 0 heterocycles. The van der Waals surface area contributed by atoms with Crippen LogP contribution in [0.4, 0.5) is 0 Å². The second-order valence-electron chi connectivity index (χ2n) is 12.0. The van der Waals surface area contributed by atoms with Crippen LogP contribution in [0.15, 0.2) is 11.6 Å². The number of aliphatic carboxylic acids is 1. The molecule has 39 heavy (non-hydrogen) atoms. The van der Waals surface area contributed by atoms with Crippen LogP contribution in [0.5, 0.6) is 0 Å².